The van der Waals surface area contributed by atoms with E-state index in [-0.39, 0.29) is 29.5 Å². The van der Waals surface area contributed by atoms with Gasteiger partial charge in [-0.1, -0.05) is 11.6 Å². The minimum absolute atomic E-state index is 0.0534. The van der Waals surface area contributed by atoms with Gasteiger partial charge in [0.05, 0.1) is 11.6 Å². The van der Waals surface area contributed by atoms with Crippen molar-refractivity contribution in [2.45, 2.75) is 38.1 Å². The summed E-state index contributed by atoms with van der Waals surface area (Å²) < 4.78 is 29.0. The first kappa shape index (κ1) is 15.2. The third kappa shape index (κ3) is 2.35. The van der Waals surface area contributed by atoms with Gasteiger partial charge in [0.15, 0.2) is 5.82 Å². The molecule has 1 aromatic rings. The molecule has 0 aliphatic carbocycles. The molecule has 2 aliphatic rings. The van der Waals surface area contributed by atoms with Crippen molar-refractivity contribution in [1.29, 1.82) is 0 Å². The molecular formula is C15H15ClF2N2O2. The van der Waals surface area contributed by atoms with E-state index in [1.165, 1.54) is 6.07 Å². The highest BCUT2D eigenvalue weighted by molar-refractivity contribution is 6.33. The predicted molar refractivity (Wildman–Crippen MR) is 77.9 cm³/mol. The summed E-state index contributed by atoms with van der Waals surface area (Å²) in [6.07, 6.45) is 1.07. The van der Waals surface area contributed by atoms with Crippen LogP contribution in [0.25, 0.3) is 0 Å². The molecule has 2 amide bonds. The Morgan fingerprint density at radius 1 is 1.32 bits per heavy atom. The van der Waals surface area contributed by atoms with Crippen molar-refractivity contribution in [3.8, 4) is 0 Å². The van der Waals surface area contributed by atoms with Gasteiger partial charge in [0.25, 0.3) is 0 Å². The van der Waals surface area contributed by atoms with E-state index in [1.807, 2.05) is 11.8 Å². The highest BCUT2D eigenvalue weighted by Gasteiger charge is 2.35. The maximum Gasteiger partial charge on any atom is 0.234 e. The number of carbonyl (C=O) groups excluding carboxylic acids is 2. The molecule has 0 saturated carbocycles. The first-order valence-corrected chi connectivity index (χ1v) is 7.55. The number of piperidine rings is 1. The van der Waals surface area contributed by atoms with E-state index in [0.29, 0.717) is 12.2 Å². The number of hydrogen-bond donors (Lipinski definition) is 1. The molecule has 2 atom stereocenters. The fourth-order valence-electron chi connectivity index (χ4n) is 2.97. The molecule has 0 radical (unpaired) electrons. The van der Waals surface area contributed by atoms with Gasteiger partial charge in [-0.25, -0.2) is 8.78 Å². The van der Waals surface area contributed by atoms with E-state index in [2.05, 4.69) is 5.32 Å². The van der Waals surface area contributed by atoms with E-state index < -0.39 is 29.4 Å². The topological polar surface area (TPSA) is 49.4 Å². The molecule has 2 fully saturated rings. The maximum absolute atomic E-state index is 14.6. The van der Waals surface area contributed by atoms with Crippen molar-refractivity contribution in [3.05, 3.63) is 28.3 Å². The highest BCUT2D eigenvalue weighted by atomic mass is 35.5. The van der Waals surface area contributed by atoms with Gasteiger partial charge in [-0.2, -0.15) is 0 Å². The maximum atomic E-state index is 14.6. The number of imide groups is 1. The van der Waals surface area contributed by atoms with Gasteiger partial charge in [0, 0.05) is 24.6 Å². The monoisotopic (exact) mass is 328 g/mol. The lowest BCUT2D eigenvalue weighted by Crippen LogP contribution is -2.46. The second kappa shape index (κ2) is 5.50. The molecule has 22 heavy (non-hydrogen) atoms. The molecule has 0 aromatic heterocycles. The Balaban J connectivity index is 2.01. The minimum atomic E-state index is -1.03. The van der Waals surface area contributed by atoms with Crippen molar-refractivity contribution in [2.24, 2.45) is 0 Å². The molecule has 0 spiro atoms. The second-order valence-electron chi connectivity index (χ2n) is 5.75. The van der Waals surface area contributed by atoms with Crippen LogP contribution in [0.3, 0.4) is 0 Å². The van der Waals surface area contributed by atoms with Crippen molar-refractivity contribution in [1.82, 2.24) is 5.32 Å². The lowest BCUT2D eigenvalue weighted by molar-refractivity contribution is -0.134. The summed E-state index contributed by atoms with van der Waals surface area (Å²) in [5, 5.41) is 1.93. The number of nitrogens with one attached hydrogen (secondary N) is 1. The van der Waals surface area contributed by atoms with Gasteiger partial charge in [0.2, 0.25) is 11.8 Å². The molecule has 3 rings (SSSR count). The number of hydrogen-bond acceptors (Lipinski definition) is 3. The quantitative estimate of drug-likeness (QED) is 0.671. The van der Waals surface area contributed by atoms with Crippen LogP contribution >= 0.6 is 11.6 Å². The second-order valence-corrected chi connectivity index (χ2v) is 6.13. The number of amides is 2. The van der Waals surface area contributed by atoms with Crippen LogP contribution < -0.4 is 10.2 Å². The molecule has 7 heteroatoms. The average molecular weight is 329 g/mol. The molecule has 1 N–H and O–H groups in total. The highest BCUT2D eigenvalue weighted by Crippen LogP contribution is 2.40. The van der Waals surface area contributed by atoms with E-state index in [4.69, 9.17) is 11.6 Å². The summed E-state index contributed by atoms with van der Waals surface area (Å²) in [5.41, 5.74) is -0.0432. The minimum Gasteiger partial charge on any atom is -0.367 e. The van der Waals surface area contributed by atoms with E-state index >= 15 is 0 Å². The molecule has 0 bridgehead atoms. The predicted octanol–water partition coefficient (Wildman–Crippen LogP) is 2.74. The van der Waals surface area contributed by atoms with Crippen molar-refractivity contribution < 1.29 is 18.4 Å². The van der Waals surface area contributed by atoms with Crippen LogP contribution in [0.4, 0.5) is 14.5 Å². The third-order valence-electron chi connectivity index (χ3n) is 4.39. The molecule has 1 aromatic carbocycles. The summed E-state index contributed by atoms with van der Waals surface area (Å²) in [4.78, 5) is 24.8. The SMILES string of the molecule is CC1CCN1c1cc(F)c(C2CCC(=O)NC2=O)c(F)c1Cl. The van der Waals surface area contributed by atoms with Crippen LogP contribution in [0.2, 0.25) is 5.02 Å². The van der Waals surface area contributed by atoms with Crippen molar-refractivity contribution >= 4 is 29.1 Å². The van der Waals surface area contributed by atoms with E-state index in [0.717, 1.165) is 6.42 Å². The first-order chi connectivity index (χ1) is 10.4. The summed E-state index contributed by atoms with van der Waals surface area (Å²) in [6, 6.07) is 1.36. The van der Waals surface area contributed by atoms with Crippen molar-refractivity contribution in [3.63, 3.8) is 0 Å². The zero-order valence-electron chi connectivity index (χ0n) is 12.0. The lowest BCUT2D eigenvalue weighted by Gasteiger charge is -2.41. The van der Waals surface area contributed by atoms with Gasteiger partial charge < -0.3 is 4.90 Å². The van der Waals surface area contributed by atoms with E-state index in [1.54, 1.807) is 0 Å². The molecule has 4 nitrogen and oxygen atoms in total. The van der Waals surface area contributed by atoms with Crippen LogP contribution in [0.5, 0.6) is 0 Å². The zero-order chi connectivity index (χ0) is 16.0. The Labute approximate surface area is 131 Å². The fraction of sp³-hybridized carbons (Fsp3) is 0.467. The molecule has 2 unspecified atom stereocenters. The van der Waals surface area contributed by atoms with Gasteiger partial charge in [0.1, 0.15) is 10.8 Å². The van der Waals surface area contributed by atoms with Crippen molar-refractivity contribution in [2.75, 3.05) is 11.4 Å². The Kier molecular flexibility index (Phi) is 3.80. The Bertz CT molecular complexity index is 665. The smallest absolute Gasteiger partial charge is 0.234 e. The number of halogens is 3. The Morgan fingerprint density at radius 2 is 2.05 bits per heavy atom. The molecule has 2 saturated heterocycles. The van der Waals surface area contributed by atoms with Crippen LogP contribution in [0.1, 0.15) is 37.7 Å². The summed E-state index contributed by atoms with van der Waals surface area (Å²) in [7, 11) is 0. The molecule has 118 valence electrons. The number of carbonyl (C=O) groups is 2. The lowest BCUT2D eigenvalue weighted by atomic mass is 9.89. The fourth-order valence-corrected chi connectivity index (χ4v) is 3.23. The third-order valence-corrected chi connectivity index (χ3v) is 4.75. The largest absolute Gasteiger partial charge is 0.367 e. The Hall–Kier alpha value is -1.69. The summed E-state index contributed by atoms with van der Waals surface area (Å²) in [5.74, 6) is -3.86. The van der Waals surface area contributed by atoms with E-state index in [9.17, 15) is 18.4 Å². The number of anilines is 1. The van der Waals surface area contributed by atoms with Crippen LogP contribution in [-0.4, -0.2) is 24.4 Å². The van der Waals surface area contributed by atoms with Crippen LogP contribution in [0.15, 0.2) is 6.07 Å². The number of rotatable bonds is 2. The standard InChI is InChI=1S/C15H15ClF2N2O2/c1-7-4-5-20(7)10-6-9(17)12(14(18)13(10)16)8-2-3-11(21)19-15(8)22/h6-8H,2-5H2,1H3,(H,19,21,22). The number of nitrogens with zero attached hydrogens (tertiary/aromatic N) is 1. The van der Waals surface area contributed by atoms with Gasteiger partial charge in [-0.15, -0.1) is 0 Å². The van der Waals surface area contributed by atoms with Gasteiger partial charge in [-0.3, -0.25) is 14.9 Å². The number of benzene rings is 1. The Morgan fingerprint density at radius 3 is 2.59 bits per heavy atom. The average Bonchev–Trinajstić information content (AvgIpc) is 2.45. The van der Waals surface area contributed by atoms with Crippen LogP contribution in [-0.2, 0) is 9.59 Å². The van der Waals surface area contributed by atoms with Crippen LogP contribution in [0, 0.1) is 11.6 Å². The molecular weight excluding hydrogens is 314 g/mol. The molecule has 2 heterocycles. The molecule has 2 aliphatic heterocycles. The first-order valence-electron chi connectivity index (χ1n) is 7.18. The summed E-state index contributed by atoms with van der Waals surface area (Å²) in [6.45, 7) is 2.64. The normalized spacial score (nSPS) is 25.0. The van der Waals surface area contributed by atoms with Gasteiger partial charge in [-0.05, 0) is 25.8 Å². The van der Waals surface area contributed by atoms with Gasteiger partial charge >= 0.3 is 0 Å². The summed E-state index contributed by atoms with van der Waals surface area (Å²) >= 11 is 6.06. The zero-order valence-corrected chi connectivity index (χ0v) is 12.7.